The van der Waals surface area contributed by atoms with Gasteiger partial charge in [-0.1, -0.05) is 30.5 Å². The summed E-state index contributed by atoms with van der Waals surface area (Å²) in [5, 5.41) is 22.3. The van der Waals surface area contributed by atoms with Crippen LogP contribution in [0.3, 0.4) is 0 Å². The number of ether oxygens (including phenoxy) is 1. The fraction of sp³-hybridized carbons (Fsp3) is 0.371. The molecule has 0 bridgehead atoms. The van der Waals surface area contributed by atoms with Gasteiger partial charge in [-0.3, -0.25) is 0 Å². The van der Waals surface area contributed by atoms with E-state index in [1.807, 2.05) is 18.9 Å². The Morgan fingerprint density at radius 2 is 1.93 bits per heavy atom. The number of fused-ring (bicyclic) bond motifs is 2. The molecule has 46 heavy (non-hydrogen) atoms. The number of halogens is 4. The first-order chi connectivity index (χ1) is 21.8. The molecule has 2 saturated heterocycles. The Hall–Kier alpha value is -4.04. The van der Waals surface area contributed by atoms with Crippen LogP contribution < -0.4 is 9.64 Å². The number of aromatic nitrogens is 2. The molecule has 0 saturated carbocycles. The van der Waals surface area contributed by atoms with Crippen LogP contribution in [0.25, 0.3) is 32.8 Å². The van der Waals surface area contributed by atoms with E-state index in [9.17, 15) is 19.0 Å². The van der Waals surface area contributed by atoms with Crippen LogP contribution in [0.1, 0.15) is 38.7 Å². The van der Waals surface area contributed by atoms with Crippen LogP contribution in [0.4, 0.5) is 19.0 Å². The summed E-state index contributed by atoms with van der Waals surface area (Å²) in [7, 11) is 1.95. The quantitative estimate of drug-likeness (QED) is 0.225. The van der Waals surface area contributed by atoms with Crippen LogP contribution >= 0.6 is 11.6 Å². The molecule has 1 aromatic heterocycles. The summed E-state index contributed by atoms with van der Waals surface area (Å²) in [5.41, 5.74) is -1.38. The molecule has 0 radical (unpaired) electrons. The number of piperidine rings is 2. The minimum atomic E-state index is -1.02. The number of benzene rings is 3. The third-order valence-electron chi connectivity index (χ3n) is 9.09. The Kier molecular flexibility index (Phi) is 8.30. The normalized spacial score (nSPS) is 23.3. The van der Waals surface area contributed by atoms with Gasteiger partial charge in [0, 0.05) is 47.9 Å². The maximum Gasteiger partial charge on any atom is 0.319 e. The summed E-state index contributed by atoms with van der Waals surface area (Å²) >= 11 is 6.80. The van der Waals surface area contributed by atoms with E-state index in [4.69, 9.17) is 22.8 Å². The van der Waals surface area contributed by atoms with Gasteiger partial charge in [0.25, 0.3) is 0 Å². The van der Waals surface area contributed by atoms with Gasteiger partial charge in [-0.2, -0.15) is 9.97 Å². The molecule has 2 atom stereocenters. The minimum Gasteiger partial charge on any atom is -0.508 e. The van der Waals surface area contributed by atoms with Gasteiger partial charge in [0.1, 0.15) is 29.5 Å². The van der Waals surface area contributed by atoms with Crippen molar-refractivity contribution in [2.75, 3.05) is 44.7 Å². The number of hydrogen-bond acceptors (Lipinski definition) is 7. The summed E-state index contributed by atoms with van der Waals surface area (Å²) in [6.07, 6.45) is 8.08. The number of phenols is 1. The van der Waals surface area contributed by atoms with E-state index in [1.165, 1.54) is 30.3 Å². The molecule has 6 rings (SSSR count). The number of anilines is 1. The van der Waals surface area contributed by atoms with Gasteiger partial charge in [0.15, 0.2) is 5.82 Å². The highest BCUT2D eigenvalue weighted by atomic mass is 35.5. The second-order valence-corrected chi connectivity index (χ2v) is 13.3. The molecule has 2 aliphatic heterocycles. The van der Waals surface area contributed by atoms with E-state index in [0.717, 1.165) is 0 Å². The Labute approximate surface area is 270 Å². The van der Waals surface area contributed by atoms with Crippen molar-refractivity contribution in [1.82, 2.24) is 14.9 Å². The zero-order valence-electron chi connectivity index (χ0n) is 25.8. The zero-order chi connectivity index (χ0) is 33.0. The fourth-order valence-electron chi connectivity index (χ4n) is 6.81. The van der Waals surface area contributed by atoms with Gasteiger partial charge < -0.3 is 24.7 Å². The lowest BCUT2D eigenvalue weighted by atomic mass is 9.78. The van der Waals surface area contributed by atoms with Gasteiger partial charge in [-0.15, -0.1) is 6.42 Å². The molecule has 3 aromatic carbocycles. The first kappa shape index (κ1) is 31.9. The van der Waals surface area contributed by atoms with E-state index in [0.29, 0.717) is 62.0 Å². The van der Waals surface area contributed by atoms with Crippen molar-refractivity contribution in [1.29, 1.82) is 0 Å². The van der Waals surface area contributed by atoms with Crippen LogP contribution in [0.15, 0.2) is 42.2 Å². The van der Waals surface area contributed by atoms with Crippen molar-refractivity contribution in [2.24, 2.45) is 5.41 Å². The molecule has 0 aliphatic carbocycles. The average molecular weight is 651 g/mol. The van der Waals surface area contributed by atoms with Gasteiger partial charge >= 0.3 is 6.01 Å². The molecule has 0 unspecified atom stereocenters. The molecule has 4 aromatic rings. The molecule has 7 nitrogen and oxygen atoms in total. The summed E-state index contributed by atoms with van der Waals surface area (Å²) in [4.78, 5) is 13.1. The molecule has 2 N–H and O–H groups in total. The number of β-amino-alcohol motifs (C(OH)–C–C–N with tert-alkyl or cyclic N) is 1. The standard InChI is InChI=1S/C35H34ClF3N4O3/c1-5-23-27(38)8-7-20-13-22(44)14-24(28(20)23)29-26(36)15-25-31(30(29)39)40-33(41-32(25)43-11-6-10-35(3,45)18-43)46-19-34(2)17-42(4)12-9-21(34)16-37/h1,7-8,13-16,44-45H,6,9-12,17-19H2,2-4H3/b21-16+/t34-,35+/m0/s1. The van der Waals surface area contributed by atoms with E-state index in [1.54, 1.807) is 6.92 Å². The molecular formula is C35H34ClF3N4O3. The van der Waals surface area contributed by atoms with Crippen molar-refractivity contribution in [2.45, 2.75) is 38.7 Å². The maximum absolute atomic E-state index is 16.9. The van der Waals surface area contributed by atoms with Gasteiger partial charge in [0.05, 0.1) is 22.5 Å². The van der Waals surface area contributed by atoms with Crippen LogP contribution in [0.2, 0.25) is 5.02 Å². The number of aliphatic hydroxyl groups is 1. The second kappa shape index (κ2) is 12.0. The highest BCUT2D eigenvalue weighted by Gasteiger charge is 2.36. The largest absolute Gasteiger partial charge is 0.508 e. The zero-order valence-corrected chi connectivity index (χ0v) is 26.6. The van der Waals surface area contributed by atoms with Crippen LogP contribution in [0, 0.1) is 29.4 Å². The SMILES string of the molecule is C#Cc1c(F)ccc2cc(O)cc(-c3c(Cl)cc4c(N5CCC[C@@](C)(O)C5)nc(OC[C@]5(C)CN(C)CC/C5=C\F)nc4c3F)c12. The molecular weight excluding hydrogens is 617 g/mol. The van der Waals surface area contributed by atoms with Crippen molar-refractivity contribution < 1.29 is 28.1 Å². The first-order valence-electron chi connectivity index (χ1n) is 15.0. The van der Waals surface area contributed by atoms with Crippen molar-refractivity contribution in [3.05, 3.63) is 64.5 Å². The predicted octanol–water partition coefficient (Wildman–Crippen LogP) is 6.99. The first-order valence-corrected chi connectivity index (χ1v) is 15.4. The summed E-state index contributed by atoms with van der Waals surface area (Å²) in [6.45, 7) is 5.64. The Bertz CT molecular complexity index is 1940. The molecule has 3 heterocycles. The molecule has 0 amide bonds. The second-order valence-electron chi connectivity index (χ2n) is 12.9. The number of phenolic OH excluding ortho intramolecular Hbond substituents is 1. The fourth-order valence-corrected chi connectivity index (χ4v) is 7.11. The van der Waals surface area contributed by atoms with Crippen molar-refractivity contribution >= 4 is 39.1 Å². The number of likely N-dealkylation sites (tertiary alicyclic amines) is 1. The Morgan fingerprint density at radius 3 is 2.65 bits per heavy atom. The molecule has 240 valence electrons. The topological polar surface area (TPSA) is 82.0 Å². The van der Waals surface area contributed by atoms with Crippen molar-refractivity contribution in [3.63, 3.8) is 0 Å². The highest BCUT2D eigenvalue weighted by molar-refractivity contribution is 6.35. The van der Waals surface area contributed by atoms with E-state index >= 15 is 4.39 Å². The number of nitrogens with zero attached hydrogens (tertiary/aromatic N) is 4. The maximum atomic E-state index is 16.9. The molecule has 0 spiro atoms. The highest BCUT2D eigenvalue weighted by Crippen LogP contribution is 2.44. The van der Waals surface area contributed by atoms with Gasteiger partial charge in [0.2, 0.25) is 0 Å². The minimum absolute atomic E-state index is 0.0276. The summed E-state index contributed by atoms with van der Waals surface area (Å²) < 4.78 is 51.9. The predicted molar refractivity (Wildman–Crippen MR) is 174 cm³/mol. The smallest absolute Gasteiger partial charge is 0.319 e. The monoisotopic (exact) mass is 650 g/mol. The summed E-state index contributed by atoms with van der Waals surface area (Å²) in [5.74, 6) is 0.927. The van der Waals surface area contributed by atoms with Gasteiger partial charge in [-0.25, -0.2) is 13.2 Å². The van der Waals surface area contributed by atoms with E-state index < -0.39 is 22.7 Å². The van der Waals surface area contributed by atoms with E-state index in [-0.39, 0.29) is 62.9 Å². The lowest BCUT2D eigenvalue weighted by molar-refractivity contribution is 0.0447. The van der Waals surface area contributed by atoms with Gasteiger partial charge in [-0.05, 0) is 74.0 Å². The lowest BCUT2D eigenvalue weighted by Gasteiger charge is -2.40. The van der Waals surface area contributed by atoms with Crippen LogP contribution in [-0.4, -0.2) is 70.5 Å². The third kappa shape index (κ3) is 5.72. The molecule has 11 heteroatoms. The third-order valence-corrected chi connectivity index (χ3v) is 9.39. The number of terminal acetylenes is 1. The van der Waals surface area contributed by atoms with Crippen LogP contribution in [-0.2, 0) is 0 Å². The molecule has 2 fully saturated rings. The molecule has 2 aliphatic rings. The number of hydrogen-bond donors (Lipinski definition) is 2. The summed E-state index contributed by atoms with van der Waals surface area (Å²) in [6, 6.07) is 6.70. The Morgan fingerprint density at radius 1 is 1.15 bits per heavy atom. The number of rotatable bonds is 5. The van der Waals surface area contributed by atoms with Crippen molar-refractivity contribution in [3.8, 4) is 35.2 Å². The van der Waals surface area contributed by atoms with E-state index in [2.05, 4.69) is 20.8 Å². The lowest BCUT2D eigenvalue weighted by Crippen LogP contribution is -2.46. The number of aromatic hydroxyl groups is 1. The Balaban J connectivity index is 1.56. The van der Waals surface area contributed by atoms with Crippen LogP contribution in [0.5, 0.6) is 11.8 Å². The average Bonchev–Trinajstić information content (AvgIpc) is 2.99.